The van der Waals surface area contributed by atoms with Crippen molar-refractivity contribution in [2.75, 3.05) is 23.9 Å². The molecule has 2 aromatic carbocycles. The second-order valence-corrected chi connectivity index (χ2v) is 6.95. The molecule has 2 amide bonds. The zero-order valence-electron chi connectivity index (χ0n) is 16.4. The lowest BCUT2D eigenvalue weighted by Crippen LogP contribution is -2.35. The third-order valence-electron chi connectivity index (χ3n) is 4.96. The van der Waals surface area contributed by atoms with Gasteiger partial charge in [0.05, 0.1) is 7.11 Å². The average Bonchev–Trinajstić information content (AvgIpc) is 3.14. The Labute approximate surface area is 168 Å². The number of carbonyl (C=O) groups excluding carboxylic acids is 2. The van der Waals surface area contributed by atoms with E-state index in [0.29, 0.717) is 23.4 Å². The summed E-state index contributed by atoms with van der Waals surface area (Å²) in [5.41, 5.74) is 3.55. The third-order valence-corrected chi connectivity index (χ3v) is 4.96. The molecule has 4 rings (SSSR count). The number of nitrogens with zero attached hydrogens (tertiary/aromatic N) is 3. The second-order valence-electron chi connectivity index (χ2n) is 6.95. The van der Waals surface area contributed by atoms with Crippen molar-refractivity contribution in [2.45, 2.75) is 12.8 Å². The Kier molecular flexibility index (Phi) is 5.03. The van der Waals surface area contributed by atoms with E-state index >= 15 is 0 Å². The van der Waals surface area contributed by atoms with Crippen molar-refractivity contribution in [3.63, 3.8) is 0 Å². The Bertz CT molecular complexity index is 1060. The Balaban J connectivity index is 1.61. The van der Waals surface area contributed by atoms with Gasteiger partial charge in [-0.3, -0.25) is 14.3 Å². The van der Waals surface area contributed by atoms with Gasteiger partial charge in [-0.2, -0.15) is 0 Å². The molecule has 0 spiro atoms. The molecule has 7 heteroatoms. The van der Waals surface area contributed by atoms with Crippen molar-refractivity contribution >= 4 is 23.2 Å². The molecule has 1 aliphatic rings. The van der Waals surface area contributed by atoms with Crippen molar-refractivity contribution in [3.05, 3.63) is 71.4 Å². The first-order valence-electron chi connectivity index (χ1n) is 9.45. The molecule has 0 radical (unpaired) electrons. The number of nitrogens with one attached hydrogen (secondary N) is 1. The van der Waals surface area contributed by atoms with Crippen LogP contribution in [0, 0.1) is 0 Å². The number of methoxy groups -OCH3 is 1. The van der Waals surface area contributed by atoms with Gasteiger partial charge in [0.15, 0.2) is 0 Å². The lowest BCUT2D eigenvalue weighted by atomic mass is 10.00. The number of rotatable bonds is 4. The zero-order valence-corrected chi connectivity index (χ0v) is 16.4. The van der Waals surface area contributed by atoms with Gasteiger partial charge in [-0.15, -0.1) is 5.10 Å². The van der Waals surface area contributed by atoms with E-state index in [9.17, 15) is 9.59 Å². The summed E-state index contributed by atoms with van der Waals surface area (Å²) in [5, 5.41) is 7.00. The summed E-state index contributed by atoms with van der Waals surface area (Å²) in [5.74, 6) is -0.0838. The van der Waals surface area contributed by atoms with Crippen LogP contribution in [0.5, 0.6) is 5.88 Å². The summed E-state index contributed by atoms with van der Waals surface area (Å²) in [4.78, 5) is 27.5. The van der Waals surface area contributed by atoms with Crippen molar-refractivity contribution in [1.29, 1.82) is 0 Å². The van der Waals surface area contributed by atoms with E-state index in [1.165, 1.54) is 11.8 Å². The second kappa shape index (κ2) is 7.79. The lowest BCUT2D eigenvalue weighted by Gasteiger charge is -2.30. The maximum absolute atomic E-state index is 13.0. The van der Waals surface area contributed by atoms with Gasteiger partial charge >= 0.3 is 0 Å². The molecule has 29 heavy (non-hydrogen) atoms. The van der Waals surface area contributed by atoms with E-state index in [1.54, 1.807) is 18.1 Å². The molecule has 0 saturated heterocycles. The minimum atomic E-state index is -0.313. The summed E-state index contributed by atoms with van der Waals surface area (Å²) in [6.07, 6.45) is 3.42. The highest BCUT2D eigenvalue weighted by Crippen LogP contribution is 2.31. The van der Waals surface area contributed by atoms with E-state index < -0.39 is 0 Å². The minimum absolute atomic E-state index is 0.0380. The molecule has 0 fully saturated rings. The Morgan fingerprint density at radius 1 is 1.14 bits per heavy atom. The van der Waals surface area contributed by atoms with Gasteiger partial charge in [0.25, 0.3) is 11.8 Å². The van der Waals surface area contributed by atoms with Crippen LogP contribution in [0.25, 0.3) is 0 Å². The Hall–Kier alpha value is -3.61. The molecule has 0 bridgehead atoms. The highest BCUT2D eigenvalue weighted by atomic mass is 16.5. The van der Waals surface area contributed by atoms with Crippen molar-refractivity contribution < 1.29 is 14.3 Å². The number of hydrogen-bond donors (Lipinski definition) is 1. The maximum atomic E-state index is 13.0. The fraction of sp³-hybridized carbons (Fsp3) is 0.227. The van der Waals surface area contributed by atoms with Gasteiger partial charge < -0.3 is 15.0 Å². The van der Waals surface area contributed by atoms with Crippen LogP contribution in [-0.4, -0.2) is 35.2 Å². The Morgan fingerprint density at radius 3 is 2.69 bits per heavy atom. The SMILES string of the molecule is COc1nn(C)cc1C(=O)Nc1ccc2c(c1)N(C(=O)c1ccccc1)CCC2. The molecule has 0 saturated carbocycles. The van der Waals surface area contributed by atoms with Crippen LogP contribution in [0.15, 0.2) is 54.7 Å². The fourth-order valence-electron chi connectivity index (χ4n) is 3.57. The van der Waals surface area contributed by atoms with E-state index in [2.05, 4.69) is 10.4 Å². The predicted molar refractivity (Wildman–Crippen MR) is 111 cm³/mol. The highest BCUT2D eigenvalue weighted by Gasteiger charge is 2.24. The lowest BCUT2D eigenvalue weighted by molar-refractivity contribution is 0.0983. The number of ether oxygens (including phenoxy) is 1. The van der Waals surface area contributed by atoms with Crippen LogP contribution in [0.3, 0.4) is 0 Å². The van der Waals surface area contributed by atoms with Crippen molar-refractivity contribution in [2.24, 2.45) is 7.05 Å². The normalized spacial score (nSPS) is 13.0. The van der Waals surface area contributed by atoms with Crippen molar-refractivity contribution in [1.82, 2.24) is 9.78 Å². The van der Waals surface area contributed by atoms with Crippen molar-refractivity contribution in [3.8, 4) is 5.88 Å². The van der Waals surface area contributed by atoms with Gasteiger partial charge in [-0.1, -0.05) is 24.3 Å². The summed E-state index contributed by atoms with van der Waals surface area (Å²) in [6, 6.07) is 14.9. The highest BCUT2D eigenvalue weighted by molar-refractivity contribution is 6.08. The summed E-state index contributed by atoms with van der Waals surface area (Å²) in [7, 11) is 3.20. The van der Waals surface area contributed by atoms with E-state index in [0.717, 1.165) is 24.1 Å². The van der Waals surface area contributed by atoms with E-state index in [-0.39, 0.29) is 17.7 Å². The number of fused-ring (bicyclic) bond motifs is 1. The summed E-state index contributed by atoms with van der Waals surface area (Å²) in [6.45, 7) is 0.647. The molecular weight excluding hydrogens is 368 g/mol. The third kappa shape index (κ3) is 3.71. The maximum Gasteiger partial charge on any atom is 0.262 e. The molecule has 0 atom stereocenters. The Morgan fingerprint density at radius 2 is 1.93 bits per heavy atom. The van der Waals surface area contributed by atoms with Crippen LogP contribution in [-0.2, 0) is 13.5 Å². The van der Waals surface area contributed by atoms with Crippen LogP contribution < -0.4 is 15.0 Å². The number of hydrogen-bond acceptors (Lipinski definition) is 4. The molecular formula is C22H22N4O3. The molecule has 1 aliphatic heterocycles. The number of aryl methyl sites for hydroxylation is 2. The summed E-state index contributed by atoms with van der Waals surface area (Å²) < 4.78 is 6.70. The molecule has 2 heterocycles. The number of amides is 2. The van der Waals surface area contributed by atoms with Gasteiger partial charge in [-0.25, -0.2) is 0 Å². The van der Waals surface area contributed by atoms with Crippen LogP contribution >= 0.6 is 0 Å². The van der Waals surface area contributed by atoms with E-state index in [1.807, 2.05) is 48.5 Å². The summed E-state index contributed by atoms with van der Waals surface area (Å²) >= 11 is 0. The first-order chi connectivity index (χ1) is 14.1. The number of carbonyl (C=O) groups is 2. The van der Waals surface area contributed by atoms with E-state index in [4.69, 9.17) is 4.74 Å². The first kappa shape index (κ1) is 18.7. The topological polar surface area (TPSA) is 76.5 Å². The molecule has 0 aliphatic carbocycles. The minimum Gasteiger partial charge on any atom is -0.479 e. The zero-order chi connectivity index (χ0) is 20.4. The molecule has 0 unspecified atom stereocenters. The standard InChI is InChI=1S/C22H22N4O3/c1-25-14-18(21(24-25)29-2)20(27)23-17-11-10-15-9-6-12-26(19(15)13-17)22(28)16-7-4-3-5-8-16/h3-5,7-8,10-11,13-14H,6,9,12H2,1-2H3,(H,23,27). The van der Waals surface area contributed by atoms with Gasteiger partial charge in [0, 0.05) is 36.7 Å². The average molecular weight is 390 g/mol. The molecule has 1 aromatic heterocycles. The number of benzene rings is 2. The fourth-order valence-corrected chi connectivity index (χ4v) is 3.57. The number of anilines is 2. The monoisotopic (exact) mass is 390 g/mol. The molecule has 1 N–H and O–H groups in total. The quantitative estimate of drug-likeness (QED) is 0.742. The van der Waals surface area contributed by atoms with Gasteiger partial charge in [-0.05, 0) is 42.7 Å². The first-order valence-corrected chi connectivity index (χ1v) is 9.45. The number of aromatic nitrogens is 2. The van der Waals surface area contributed by atoms with Crippen LogP contribution in [0.4, 0.5) is 11.4 Å². The van der Waals surface area contributed by atoms with Gasteiger partial charge in [0.2, 0.25) is 5.88 Å². The largest absolute Gasteiger partial charge is 0.479 e. The van der Waals surface area contributed by atoms with Crippen LogP contribution in [0.1, 0.15) is 32.7 Å². The predicted octanol–water partition coefficient (Wildman–Crippen LogP) is 3.27. The molecule has 148 valence electrons. The molecule has 3 aromatic rings. The smallest absolute Gasteiger partial charge is 0.262 e. The molecule has 7 nitrogen and oxygen atoms in total. The van der Waals surface area contributed by atoms with Gasteiger partial charge in [0.1, 0.15) is 5.56 Å². The van der Waals surface area contributed by atoms with Crippen LogP contribution in [0.2, 0.25) is 0 Å².